The highest BCUT2D eigenvalue weighted by molar-refractivity contribution is 7.92. The standard InChI is InChI=1S/C25H24N2O6S/c1-16-8-11-18(12-9-16)34(30,31)27-15-23(33-22-13-10-17(2)14-21(22)27)24(28)26-20-7-5-4-6-19(20)25(29)32-3/h4-14,23H,15H2,1-3H3,(H,26,28)/t23-/m0/s1. The minimum Gasteiger partial charge on any atom is -0.476 e. The molecule has 8 nitrogen and oxygen atoms in total. The van der Waals surface area contributed by atoms with Crippen LogP contribution in [0, 0.1) is 13.8 Å². The first-order chi connectivity index (χ1) is 16.2. The van der Waals surface area contributed by atoms with E-state index in [2.05, 4.69) is 5.32 Å². The Morgan fingerprint density at radius 3 is 2.38 bits per heavy atom. The van der Waals surface area contributed by atoms with E-state index in [1.165, 1.54) is 29.6 Å². The maximum Gasteiger partial charge on any atom is 0.339 e. The Morgan fingerprint density at radius 1 is 1.00 bits per heavy atom. The Kier molecular flexibility index (Phi) is 6.30. The number of anilines is 2. The van der Waals surface area contributed by atoms with Crippen molar-refractivity contribution in [2.75, 3.05) is 23.3 Å². The van der Waals surface area contributed by atoms with Crippen molar-refractivity contribution < 1.29 is 27.5 Å². The number of nitrogens with one attached hydrogen (secondary N) is 1. The molecule has 0 saturated heterocycles. The van der Waals surface area contributed by atoms with E-state index in [4.69, 9.17) is 9.47 Å². The number of aryl methyl sites for hydroxylation is 2. The molecule has 9 heteroatoms. The zero-order valence-electron chi connectivity index (χ0n) is 18.9. The molecule has 1 heterocycles. The van der Waals surface area contributed by atoms with E-state index >= 15 is 0 Å². The van der Waals surface area contributed by atoms with Crippen LogP contribution in [0.15, 0.2) is 71.6 Å². The van der Waals surface area contributed by atoms with Gasteiger partial charge in [0.15, 0.2) is 6.10 Å². The quantitative estimate of drug-likeness (QED) is 0.559. The summed E-state index contributed by atoms with van der Waals surface area (Å²) in [6, 6.07) is 18.0. The molecule has 34 heavy (non-hydrogen) atoms. The van der Waals surface area contributed by atoms with Crippen LogP contribution in [0.1, 0.15) is 21.5 Å². The molecular formula is C25H24N2O6S. The van der Waals surface area contributed by atoms with Gasteiger partial charge in [-0.1, -0.05) is 35.9 Å². The van der Waals surface area contributed by atoms with Gasteiger partial charge in [0.05, 0.1) is 35.5 Å². The van der Waals surface area contributed by atoms with Crippen LogP contribution in [0.4, 0.5) is 11.4 Å². The average molecular weight is 481 g/mol. The fourth-order valence-electron chi connectivity index (χ4n) is 3.66. The van der Waals surface area contributed by atoms with Crippen molar-refractivity contribution in [3.63, 3.8) is 0 Å². The second-order valence-electron chi connectivity index (χ2n) is 7.95. The van der Waals surface area contributed by atoms with E-state index in [0.29, 0.717) is 5.69 Å². The highest BCUT2D eigenvalue weighted by Crippen LogP contribution is 2.38. The number of nitrogens with zero attached hydrogens (tertiary/aromatic N) is 1. The number of para-hydroxylation sites is 1. The third-order valence-corrected chi connectivity index (χ3v) is 7.27. The number of amides is 1. The number of ether oxygens (including phenoxy) is 2. The van der Waals surface area contributed by atoms with Crippen molar-refractivity contribution >= 4 is 33.3 Å². The summed E-state index contributed by atoms with van der Waals surface area (Å²) in [7, 11) is -2.73. The van der Waals surface area contributed by atoms with Gasteiger partial charge in [0.1, 0.15) is 5.75 Å². The lowest BCUT2D eigenvalue weighted by Gasteiger charge is -2.35. The Hall–Kier alpha value is -3.85. The van der Waals surface area contributed by atoms with Gasteiger partial charge in [-0.25, -0.2) is 13.2 Å². The molecule has 0 fully saturated rings. The Bertz CT molecular complexity index is 1350. The molecule has 1 aliphatic rings. The molecule has 1 atom stereocenters. The number of hydrogen-bond donors (Lipinski definition) is 1. The van der Waals surface area contributed by atoms with E-state index in [0.717, 1.165) is 11.1 Å². The maximum absolute atomic E-state index is 13.6. The van der Waals surface area contributed by atoms with Gasteiger partial charge in [-0.15, -0.1) is 0 Å². The van der Waals surface area contributed by atoms with E-state index < -0.39 is 28.0 Å². The van der Waals surface area contributed by atoms with Crippen LogP contribution in [0.25, 0.3) is 0 Å². The summed E-state index contributed by atoms with van der Waals surface area (Å²) in [5, 5.41) is 2.67. The third kappa shape index (κ3) is 4.47. The predicted molar refractivity (Wildman–Crippen MR) is 128 cm³/mol. The van der Waals surface area contributed by atoms with Crippen LogP contribution >= 0.6 is 0 Å². The molecule has 1 N–H and O–H groups in total. The van der Waals surface area contributed by atoms with E-state index in [1.807, 2.05) is 13.8 Å². The largest absolute Gasteiger partial charge is 0.476 e. The van der Waals surface area contributed by atoms with Crippen molar-refractivity contribution in [2.24, 2.45) is 0 Å². The first-order valence-corrected chi connectivity index (χ1v) is 12.0. The molecule has 4 rings (SSSR count). The van der Waals surface area contributed by atoms with Gasteiger partial charge >= 0.3 is 5.97 Å². The molecule has 0 radical (unpaired) electrons. The molecule has 0 spiro atoms. The summed E-state index contributed by atoms with van der Waals surface area (Å²) >= 11 is 0. The number of benzene rings is 3. The van der Waals surface area contributed by atoms with Crippen molar-refractivity contribution in [1.82, 2.24) is 0 Å². The summed E-state index contributed by atoms with van der Waals surface area (Å²) in [5.41, 5.74) is 2.56. The van der Waals surface area contributed by atoms with Gasteiger partial charge in [0.2, 0.25) is 0 Å². The van der Waals surface area contributed by atoms with Crippen LogP contribution in [0.5, 0.6) is 5.75 Å². The Balaban J connectivity index is 1.69. The fourth-order valence-corrected chi connectivity index (χ4v) is 5.12. The lowest BCUT2D eigenvalue weighted by atomic mass is 10.1. The zero-order chi connectivity index (χ0) is 24.5. The summed E-state index contributed by atoms with van der Waals surface area (Å²) in [5.74, 6) is -0.925. The molecule has 1 aliphatic heterocycles. The minimum absolute atomic E-state index is 0.114. The molecule has 0 aromatic heterocycles. The van der Waals surface area contributed by atoms with E-state index in [1.54, 1.807) is 48.5 Å². The highest BCUT2D eigenvalue weighted by Gasteiger charge is 2.38. The second kappa shape index (κ2) is 9.18. The average Bonchev–Trinajstić information content (AvgIpc) is 2.83. The second-order valence-corrected chi connectivity index (χ2v) is 9.82. The number of sulfonamides is 1. The molecule has 0 aliphatic carbocycles. The SMILES string of the molecule is COC(=O)c1ccccc1NC(=O)[C@@H]1CN(S(=O)(=O)c2ccc(C)cc2)c2cc(C)ccc2O1. The molecule has 0 bridgehead atoms. The van der Waals surface area contributed by atoms with Gasteiger partial charge in [-0.05, 0) is 55.8 Å². The highest BCUT2D eigenvalue weighted by atomic mass is 32.2. The van der Waals surface area contributed by atoms with Crippen molar-refractivity contribution in [3.8, 4) is 5.75 Å². The summed E-state index contributed by atoms with van der Waals surface area (Å²) in [6.07, 6.45) is -1.15. The number of fused-ring (bicyclic) bond motifs is 1. The number of methoxy groups -OCH3 is 1. The van der Waals surface area contributed by atoms with Crippen LogP contribution in [-0.2, 0) is 19.6 Å². The number of carbonyl (C=O) groups is 2. The fraction of sp³-hybridized carbons (Fsp3) is 0.200. The zero-order valence-corrected chi connectivity index (χ0v) is 19.8. The van der Waals surface area contributed by atoms with Crippen LogP contribution < -0.4 is 14.4 Å². The molecule has 3 aromatic carbocycles. The number of rotatable bonds is 5. The molecule has 0 unspecified atom stereocenters. The van der Waals surface area contributed by atoms with E-state index in [-0.39, 0.29) is 28.4 Å². The van der Waals surface area contributed by atoms with Gasteiger partial charge < -0.3 is 14.8 Å². The number of esters is 1. The summed E-state index contributed by atoms with van der Waals surface area (Å²) in [4.78, 5) is 25.3. The monoisotopic (exact) mass is 480 g/mol. The Labute approximate surface area is 198 Å². The molecular weight excluding hydrogens is 456 g/mol. The lowest BCUT2D eigenvalue weighted by molar-refractivity contribution is -0.122. The molecule has 176 valence electrons. The summed E-state index contributed by atoms with van der Waals surface area (Å²) in [6.45, 7) is 3.48. The first-order valence-electron chi connectivity index (χ1n) is 10.6. The van der Waals surface area contributed by atoms with Gasteiger partial charge in [0, 0.05) is 0 Å². The topological polar surface area (TPSA) is 102 Å². The maximum atomic E-state index is 13.6. The number of hydrogen-bond acceptors (Lipinski definition) is 6. The first kappa shape index (κ1) is 23.3. The Morgan fingerprint density at radius 2 is 1.68 bits per heavy atom. The van der Waals surface area contributed by atoms with Crippen molar-refractivity contribution in [2.45, 2.75) is 24.8 Å². The number of carbonyl (C=O) groups excluding carboxylic acids is 2. The van der Waals surface area contributed by atoms with Crippen LogP contribution in [0.3, 0.4) is 0 Å². The van der Waals surface area contributed by atoms with Crippen LogP contribution in [0.2, 0.25) is 0 Å². The normalized spacial score (nSPS) is 15.1. The molecule has 0 saturated carbocycles. The van der Waals surface area contributed by atoms with Gasteiger partial charge in [-0.2, -0.15) is 0 Å². The molecule has 3 aromatic rings. The predicted octanol–water partition coefficient (Wildman–Crippen LogP) is 3.69. The smallest absolute Gasteiger partial charge is 0.339 e. The van der Waals surface area contributed by atoms with E-state index in [9.17, 15) is 18.0 Å². The van der Waals surface area contributed by atoms with Crippen molar-refractivity contribution in [3.05, 3.63) is 83.4 Å². The summed E-state index contributed by atoms with van der Waals surface area (Å²) < 4.78 is 39.0. The molecule has 1 amide bonds. The van der Waals surface area contributed by atoms with Gasteiger partial charge in [-0.3, -0.25) is 9.10 Å². The lowest BCUT2D eigenvalue weighted by Crippen LogP contribution is -2.49. The minimum atomic E-state index is -3.97. The van der Waals surface area contributed by atoms with Gasteiger partial charge in [0.25, 0.3) is 15.9 Å². The third-order valence-electron chi connectivity index (χ3n) is 5.48. The van der Waals surface area contributed by atoms with Crippen molar-refractivity contribution in [1.29, 1.82) is 0 Å². The van der Waals surface area contributed by atoms with Crippen LogP contribution in [-0.4, -0.2) is 40.1 Å².